The quantitative estimate of drug-likeness (QED) is 0.888. The van der Waals surface area contributed by atoms with Gasteiger partial charge in [0.2, 0.25) is 10.0 Å². The largest absolute Gasteiger partial charge is 0.335 e. The maximum Gasteiger partial charge on any atom is 0.255 e. The molecule has 1 fully saturated rings. The number of nitrogens with one attached hydrogen (secondary N) is 1. The minimum Gasteiger partial charge on any atom is -0.335 e. The Labute approximate surface area is 129 Å². The predicted molar refractivity (Wildman–Crippen MR) is 82.1 cm³/mol. The molecule has 0 aromatic carbocycles. The molecule has 0 aliphatic carbocycles. The SMILES string of the molecule is CNS(=O)(=O)CC1CCCN1C(=O)c1ccc2nccn2c1. The number of hydrogen-bond acceptors (Lipinski definition) is 4. The van der Waals surface area contributed by atoms with Crippen molar-refractivity contribution in [1.82, 2.24) is 19.0 Å². The highest BCUT2D eigenvalue weighted by atomic mass is 32.2. The lowest BCUT2D eigenvalue weighted by Crippen LogP contribution is -2.41. The molecular formula is C14H18N4O3S. The molecule has 0 spiro atoms. The number of sulfonamides is 1. The van der Waals surface area contributed by atoms with Crippen molar-refractivity contribution in [3.63, 3.8) is 0 Å². The third-order valence-corrected chi connectivity index (χ3v) is 5.44. The van der Waals surface area contributed by atoms with Crippen LogP contribution in [0.25, 0.3) is 5.65 Å². The number of amides is 1. The summed E-state index contributed by atoms with van der Waals surface area (Å²) in [5, 5.41) is 0. The van der Waals surface area contributed by atoms with Crippen LogP contribution in [0.15, 0.2) is 30.7 Å². The van der Waals surface area contributed by atoms with Gasteiger partial charge in [0.15, 0.2) is 0 Å². The second-order valence-electron chi connectivity index (χ2n) is 5.39. The number of rotatable bonds is 4. The lowest BCUT2D eigenvalue weighted by atomic mass is 10.2. The van der Waals surface area contributed by atoms with Crippen molar-refractivity contribution in [1.29, 1.82) is 0 Å². The average molecular weight is 322 g/mol. The molecule has 7 nitrogen and oxygen atoms in total. The van der Waals surface area contributed by atoms with Crippen LogP contribution >= 0.6 is 0 Å². The van der Waals surface area contributed by atoms with E-state index in [1.165, 1.54) is 7.05 Å². The van der Waals surface area contributed by atoms with Gasteiger partial charge >= 0.3 is 0 Å². The molecule has 1 aliphatic heterocycles. The van der Waals surface area contributed by atoms with Crippen LogP contribution in [0.1, 0.15) is 23.2 Å². The van der Waals surface area contributed by atoms with Gasteiger partial charge in [-0.05, 0) is 32.0 Å². The number of hydrogen-bond donors (Lipinski definition) is 1. The Morgan fingerprint density at radius 2 is 2.27 bits per heavy atom. The van der Waals surface area contributed by atoms with E-state index >= 15 is 0 Å². The van der Waals surface area contributed by atoms with E-state index in [0.717, 1.165) is 12.1 Å². The first kappa shape index (κ1) is 15.0. The van der Waals surface area contributed by atoms with Gasteiger partial charge in [0.25, 0.3) is 5.91 Å². The van der Waals surface area contributed by atoms with Crippen LogP contribution in [-0.4, -0.2) is 54.0 Å². The number of aromatic nitrogens is 2. The number of imidazole rings is 1. The second kappa shape index (κ2) is 5.69. The molecule has 118 valence electrons. The third kappa shape index (κ3) is 2.84. The maximum absolute atomic E-state index is 12.7. The highest BCUT2D eigenvalue weighted by Gasteiger charge is 2.32. The molecule has 3 rings (SSSR count). The summed E-state index contributed by atoms with van der Waals surface area (Å²) in [5.41, 5.74) is 1.31. The van der Waals surface area contributed by atoms with E-state index < -0.39 is 10.0 Å². The minimum absolute atomic E-state index is 0.0530. The Balaban J connectivity index is 1.83. The Kier molecular flexibility index (Phi) is 3.88. The second-order valence-corrected chi connectivity index (χ2v) is 7.36. The molecular weight excluding hydrogens is 304 g/mol. The van der Waals surface area contributed by atoms with E-state index in [4.69, 9.17) is 0 Å². The normalized spacial score (nSPS) is 19.0. The number of pyridine rings is 1. The van der Waals surface area contributed by atoms with E-state index in [9.17, 15) is 13.2 Å². The zero-order valence-electron chi connectivity index (χ0n) is 12.3. The minimum atomic E-state index is -3.34. The summed E-state index contributed by atoms with van der Waals surface area (Å²) in [7, 11) is -1.94. The van der Waals surface area contributed by atoms with E-state index in [2.05, 4.69) is 9.71 Å². The van der Waals surface area contributed by atoms with Crippen molar-refractivity contribution in [2.75, 3.05) is 19.3 Å². The summed E-state index contributed by atoms with van der Waals surface area (Å²) in [5.74, 6) is -0.188. The lowest BCUT2D eigenvalue weighted by molar-refractivity contribution is 0.0748. The predicted octanol–water partition coefficient (Wildman–Crippen LogP) is 0.488. The standard InChI is InChI=1S/C14H18N4O3S/c1-15-22(20,21)10-12-3-2-7-18(12)14(19)11-4-5-13-16-6-8-17(13)9-11/h4-6,8-9,12,15H,2-3,7,10H2,1H3. The summed E-state index contributed by atoms with van der Waals surface area (Å²) >= 11 is 0. The van der Waals surface area contributed by atoms with Crippen LogP contribution in [0.5, 0.6) is 0 Å². The smallest absolute Gasteiger partial charge is 0.255 e. The molecule has 1 aliphatic rings. The van der Waals surface area contributed by atoms with Crippen LogP contribution in [-0.2, 0) is 10.0 Å². The molecule has 1 atom stereocenters. The number of likely N-dealkylation sites (tertiary alicyclic amines) is 1. The van der Waals surface area contributed by atoms with Crippen LogP contribution in [0, 0.1) is 0 Å². The summed E-state index contributed by atoms with van der Waals surface area (Å²) in [6.07, 6.45) is 6.70. The molecule has 8 heteroatoms. The average Bonchev–Trinajstić information content (AvgIpc) is 3.14. The van der Waals surface area contributed by atoms with Crippen molar-refractivity contribution in [2.24, 2.45) is 0 Å². The molecule has 1 unspecified atom stereocenters. The van der Waals surface area contributed by atoms with E-state index in [0.29, 0.717) is 18.5 Å². The fourth-order valence-corrected chi connectivity index (χ4v) is 3.85. The van der Waals surface area contributed by atoms with E-state index in [1.807, 2.05) is 0 Å². The highest BCUT2D eigenvalue weighted by molar-refractivity contribution is 7.89. The first-order chi connectivity index (χ1) is 10.5. The number of carbonyl (C=O) groups excluding carboxylic acids is 1. The van der Waals surface area contributed by atoms with Crippen molar-refractivity contribution in [3.05, 3.63) is 36.3 Å². The number of nitrogens with zero attached hydrogens (tertiary/aromatic N) is 3. The molecule has 3 heterocycles. The summed E-state index contributed by atoms with van der Waals surface area (Å²) in [4.78, 5) is 18.5. The van der Waals surface area contributed by atoms with Crippen LogP contribution < -0.4 is 4.72 Å². The Morgan fingerprint density at radius 1 is 1.45 bits per heavy atom. The zero-order valence-corrected chi connectivity index (χ0v) is 13.1. The molecule has 2 aromatic rings. The van der Waals surface area contributed by atoms with Crippen LogP contribution in [0.3, 0.4) is 0 Å². The topological polar surface area (TPSA) is 83.8 Å². The van der Waals surface area contributed by atoms with Gasteiger partial charge in [0.05, 0.1) is 11.3 Å². The van der Waals surface area contributed by atoms with Crippen molar-refractivity contribution < 1.29 is 13.2 Å². The Hall–Kier alpha value is -1.93. The summed E-state index contributed by atoms with van der Waals surface area (Å²) in [6.45, 7) is 0.588. The van der Waals surface area contributed by atoms with Gasteiger partial charge in [0, 0.05) is 31.2 Å². The van der Waals surface area contributed by atoms with Crippen molar-refractivity contribution in [2.45, 2.75) is 18.9 Å². The number of fused-ring (bicyclic) bond motifs is 1. The Morgan fingerprint density at radius 3 is 3.05 bits per heavy atom. The van der Waals surface area contributed by atoms with Crippen molar-refractivity contribution in [3.8, 4) is 0 Å². The molecule has 0 saturated carbocycles. The summed E-state index contributed by atoms with van der Waals surface area (Å²) < 4.78 is 27.6. The molecule has 1 N–H and O–H groups in total. The number of carbonyl (C=O) groups is 1. The van der Waals surface area contributed by atoms with Gasteiger partial charge in [-0.25, -0.2) is 18.1 Å². The van der Waals surface area contributed by atoms with Crippen LogP contribution in [0.4, 0.5) is 0 Å². The maximum atomic E-state index is 12.7. The summed E-state index contributed by atoms with van der Waals surface area (Å²) in [6, 6.07) is 3.23. The van der Waals surface area contributed by atoms with Gasteiger partial charge in [-0.2, -0.15) is 0 Å². The van der Waals surface area contributed by atoms with Crippen molar-refractivity contribution >= 4 is 21.6 Å². The highest BCUT2D eigenvalue weighted by Crippen LogP contribution is 2.21. The molecule has 1 amide bonds. The van der Waals surface area contributed by atoms with E-state index in [-0.39, 0.29) is 17.7 Å². The first-order valence-electron chi connectivity index (χ1n) is 7.15. The van der Waals surface area contributed by atoms with Gasteiger partial charge in [0.1, 0.15) is 5.65 Å². The fraction of sp³-hybridized carbons (Fsp3) is 0.429. The molecule has 0 bridgehead atoms. The lowest BCUT2D eigenvalue weighted by Gasteiger charge is -2.24. The monoisotopic (exact) mass is 322 g/mol. The molecule has 0 radical (unpaired) electrons. The van der Waals surface area contributed by atoms with Gasteiger partial charge in [-0.15, -0.1) is 0 Å². The van der Waals surface area contributed by atoms with Gasteiger partial charge < -0.3 is 9.30 Å². The first-order valence-corrected chi connectivity index (χ1v) is 8.80. The fourth-order valence-electron chi connectivity index (χ4n) is 2.83. The zero-order chi connectivity index (χ0) is 15.7. The third-order valence-electron chi connectivity index (χ3n) is 4.00. The van der Waals surface area contributed by atoms with Gasteiger partial charge in [-0.3, -0.25) is 4.79 Å². The Bertz CT molecular complexity index is 799. The van der Waals surface area contributed by atoms with E-state index in [1.54, 1.807) is 40.0 Å². The van der Waals surface area contributed by atoms with Crippen LogP contribution in [0.2, 0.25) is 0 Å². The van der Waals surface area contributed by atoms with Gasteiger partial charge in [-0.1, -0.05) is 0 Å². The molecule has 1 saturated heterocycles. The molecule has 22 heavy (non-hydrogen) atoms. The molecule has 2 aromatic heterocycles.